The summed E-state index contributed by atoms with van der Waals surface area (Å²) in [5.74, 6) is 6.37. The molecule has 16 heavy (non-hydrogen) atoms. The highest BCUT2D eigenvalue weighted by Gasteiger charge is 2.10. The van der Waals surface area contributed by atoms with Crippen LogP contribution in [0.2, 0.25) is 0 Å². The van der Waals surface area contributed by atoms with Crippen molar-refractivity contribution in [2.24, 2.45) is 5.84 Å². The van der Waals surface area contributed by atoms with E-state index in [1.807, 2.05) is 24.3 Å². The third kappa shape index (κ3) is 3.63. The molecule has 88 valence electrons. The molecule has 0 heterocycles. The molecule has 0 aliphatic rings. The predicted molar refractivity (Wildman–Crippen MR) is 70.3 cm³/mol. The Labute approximate surface area is 105 Å². The van der Waals surface area contributed by atoms with E-state index in [1.54, 1.807) is 7.11 Å². The molecule has 0 fully saturated rings. The van der Waals surface area contributed by atoms with Gasteiger partial charge in [-0.05, 0) is 36.6 Å². The smallest absolute Gasteiger partial charge is 0.122 e. The van der Waals surface area contributed by atoms with Gasteiger partial charge in [-0.25, -0.2) is 0 Å². The first-order valence-electron chi connectivity index (χ1n) is 5.10. The van der Waals surface area contributed by atoms with E-state index in [0.29, 0.717) is 0 Å². The van der Waals surface area contributed by atoms with Crippen LogP contribution in [0, 0.1) is 0 Å². The maximum absolute atomic E-state index is 5.49. The van der Waals surface area contributed by atoms with E-state index in [2.05, 4.69) is 27.9 Å². The van der Waals surface area contributed by atoms with Crippen molar-refractivity contribution in [3.05, 3.63) is 40.9 Å². The number of halogens is 1. The topological polar surface area (TPSA) is 47.3 Å². The van der Waals surface area contributed by atoms with Crippen LogP contribution in [0.4, 0.5) is 0 Å². The van der Waals surface area contributed by atoms with Crippen molar-refractivity contribution < 1.29 is 4.74 Å². The van der Waals surface area contributed by atoms with Gasteiger partial charge in [0, 0.05) is 10.5 Å². The van der Waals surface area contributed by atoms with E-state index in [4.69, 9.17) is 10.6 Å². The van der Waals surface area contributed by atoms with Gasteiger partial charge < -0.3 is 4.74 Å². The quantitative estimate of drug-likeness (QED) is 0.479. The van der Waals surface area contributed by atoms with Crippen LogP contribution < -0.4 is 16.0 Å². The first kappa shape index (κ1) is 13.2. The highest BCUT2D eigenvalue weighted by atomic mass is 79.9. The zero-order valence-electron chi connectivity index (χ0n) is 9.37. The van der Waals surface area contributed by atoms with Gasteiger partial charge in [-0.15, -0.1) is 6.58 Å². The lowest BCUT2D eigenvalue weighted by molar-refractivity contribution is 0.405. The van der Waals surface area contributed by atoms with Gasteiger partial charge in [-0.3, -0.25) is 11.3 Å². The summed E-state index contributed by atoms with van der Waals surface area (Å²) in [6, 6.07) is 6.13. The van der Waals surface area contributed by atoms with Gasteiger partial charge in [0.25, 0.3) is 0 Å². The minimum absolute atomic E-state index is 0.181. The van der Waals surface area contributed by atoms with Gasteiger partial charge in [0.2, 0.25) is 0 Å². The number of benzene rings is 1. The van der Waals surface area contributed by atoms with Crippen molar-refractivity contribution in [1.82, 2.24) is 5.43 Å². The van der Waals surface area contributed by atoms with E-state index >= 15 is 0 Å². The fraction of sp³-hybridized carbons (Fsp3) is 0.333. The summed E-state index contributed by atoms with van der Waals surface area (Å²) in [7, 11) is 1.67. The summed E-state index contributed by atoms with van der Waals surface area (Å²) >= 11 is 3.45. The molecule has 1 atom stereocenters. The Morgan fingerprint density at radius 2 is 2.38 bits per heavy atom. The van der Waals surface area contributed by atoms with Crippen LogP contribution in [0.1, 0.15) is 12.0 Å². The molecule has 0 saturated carbocycles. The normalized spacial score (nSPS) is 12.2. The number of rotatable bonds is 6. The minimum Gasteiger partial charge on any atom is -0.496 e. The molecule has 0 saturated heterocycles. The SMILES string of the molecule is C=CCC(Cc1cc(Br)ccc1OC)NN. The summed E-state index contributed by atoms with van der Waals surface area (Å²) in [6.45, 7) is 3.71. The fourth-order valence-electron chi connectivity index (χ4n) is 1.58. The molecular weight excluding hydrogens is 268 g/mol. The monoisotopic (exact) mass is 284 g/mol. The number of hydrazine groups is 1. The molecule has 1 aromatic rings. The molecule has 1 rings (SSSR count). The second kappa shape index (κ2) is 6.68. The molecule has 3 nitrogen and oxygen atoms in total. The van der Waals surface area contributed by atoms with Gasteiger partial charge in [0.1, 0.15) is 5.75 Å². The summed E-state index contributed by atoms with van der Waals surface area (Å²) in [6.07, 6.45) is 3.49. The van der Waals surface area contributed by atoms with E-state index < -0.39 is 0 Å². The molecule has 1 aromatic carbocycles. The molecule has 0 spiro atoms. The Hall–Kier alpha value is -0.840. The molecule has 0 aliphatic carbocycles. The molecule has 0 aliphatic heterocycles. The minimum atomic E-state index is 0.181. The Morgan fingerprint density at radius 3 is 2.94 bits per heavy atom. The van der Waals surface area contributed by atoms with Crippen LogP contribution in [-0.4, -0.2) is 13.2 Å². The maximum atomic E-state index is 5.49. The molecule has 4 heteroatoms. The van der Waals surface area contributed by atoms with Crippen molar-refractivity contribution in [2.45, 2.75) is 18.9 Å². The number of ether oxygens (including phenoxy) is 1. The van der Waals surface area contributed by atoms with E-state index in [0.717, 1.165) is 28.6 Å². The molecule has 0 bridgehead atoms. The lowest BCUT2D eigenvalue weighted by Crippen LogP contribution is -2.36. The molecule has 1 unspecified atom stereocenters. The average molecular weight is 285 g/mol. The van der Waals surface area contributed by atoms with Crippen molar-refractivity contribution in [1.29, 1.82) is 0 Å². The van der Waals surface area contributed by atoms with Gasteiger partial charge in [-0.1, -0.05) is 22.0 Å². The standard InChI is InChI=1S/C12H17BrN2O/c1-3-4-11(15-14)8-9-7-10(13)5-6-12(9)16-2/h3,5-7,11,15H,1,4,8,14H2,2H3. The Morgan fingerprint density at radius 1 is 1.62 bits per heavy atom. The van der Waals surface area contributed by atoms with Crippen LogP contribution in [0.25, 0.3) is 0 Å². The number of methoxy groups -OCH3 is 1. The highest BCUT2D eigenvalue weighted by Crippen LogP contribution is 2.24. The van der Waals surface area contributed by atoms with Crippen LogP contribution in [0.3, 0.4) is 0 Å². The average Bonchev–Trinajstić information content (AvgIpc) is 2.29. The van der Waals surface area contributed by atoms with Gasteiger partial charge in [0.05, 0.1) is 7.11 Å². The maximum Gasteiger partial charge on any atom is 0.122 e. The van der Waals surface area contributed by atoms with Crippen LogP contribution in [-0.2, 0) is 6.42 Å². The lowest BCUT2D eigenvalue weighted by Gasteiger charge is -2.16. The number of nitrogens with two attached hydrogens (primary N) is 1. The number of nitrogens with one attached hydrogen (secondary N) is 1. The number of hydrogen-bond acceptors (Lipinski definition) is 3. The zero-order chi connectivity index (χ0) is 12.0. The van der Waals surface area contributed by atoms with E-state index in [-0.39, 0.29) is 6.04 Å². The first-order chi connectivity index (χ1) is 7.71. The fourth-order valence-corrected chi connectivity index (χ4v) is 1.99. The van der Waals surface area contributed by atoms with Gasteiger partial charge >= 0.3 is 0 Å². The zero-order valence-corrected chi connectivity index (χ0v) is 11.0. The Balaban J connectivity index is 2.84. The largest absolute Gasteiger partial charge is 0.496 e. The van der Waals surface area contributed by atoms with Gasteiger partial charge in [0.15, 0.2) is 0 Å². The summed E-state index contributed by atoms with van der Waals surface area (Å²) in [5.41, 5.74) is 3.91. The van der Waals surface area contributed by atoms with Crippen LogP contribution in [0.15, 0.2) is 35.3 Å². The van der Waals surface area contributed by atoms with E-state index in [9.17, 15) is 0 Å². The van der Waals surface area contributed by atoms with Crippen molar-refractivity contribution in [2.75, 3.05) is 7.11 Å². The molecule has 3 N–H and O–H groups in total. The molecular formula is C12H17BrN2O. The summed E-state index contributed by atoms with van der Waals surface area (Å²) in [4.78, 5) is 0. The summed E-state index contributed by atoms with van der Waals surface area (Å²) < 4.78 is 6.35. The predicted octanol–water partition coefficient (Wildman–Crippen LogP) is 2.41. The highest BCUT2D eigenvalue weighted by molar-refractivity contribution is 9.10. The first-order valence-corrected chi connectivity index (χ1v) is 5.90. The second-order valence-corrected chi connectivity index (χ2v) is 4.46. The number of hydrogen-bond donors (Lipinski definition) is 2. The molecule has 0 aromatic heterocycles. The Kier molecular flexibility index (Phi) is 5.52. The van der Waals surface area contributed by atoms with Gasteiger partial charge in [-0.2, -0.15) is 0 Å². The van der Waals surface area contributed by atoms with Crippen molar-refractivity contribution in [3.63, 3.8) is 0 Å². The second-order valence-electron chi connectivity index (χ2n) is 3.55. The van der Waals surface area contributed by atoms with Crippen LogP contribution >= 0.6 is 15.9 Å². The molecule has 0 amide bonds. The van der Waals surface area contributed by atoms with Crippen molar-refractivity contribution >= 4 is 15.9 Å². The van der Waals surface area contributed by atoms with Crippen LogP contribution in [0.5, 0.6) is 5.75 Å². The van der Waals surface area contributed by atoms with Crippen molar-refractivity contribution in [3.8, 4) is 5.75 Å². The van der Waals surface area contributed by atoms with E-state index in [1.165, 1.54) is 0 Å². The third-order valence-electron chi connectivity index (χ3n) is 2.40. The lowest BCUT2D eigenvalue weighted by atomic mass is 10.0. The third-order valence-corrected chi connectivity index (χ3v) is 2.89. The molecule has 0 radical (unpaired) electrons. The Bertz CT molecular complexity index is 355. The summed E-state index contributed by atoms with van der Waals surface area (Å²) in [5, 5.41) is 0.